The van der Waals surface area contributed by atoms with Crippen molar-refractivity contribution < 1.29 is 22.7 Å². The van der Waals surface area contributed by atoms with E-state index in [1.165, 1.54) is 22.4 Å². The lowest BCUT2D eigenvalue weighted by Crippen LogP contribution is -2.50. The van der Waals surface area contributed by atoms with Crippen molar-refractivity contribution in [3.05, 3.63) is 92.9 Å². The smallest absolute Gasteiger partial charge is 0.243 e. The van der Waals surface area contributed by atoms with E-state index in [2.05, 4.69) is 5.32 Å². The third kappa shape index (κ3) is 9.26. The zero-order valence-corrected chi connectivity index (χ0v) is 26.7. The zero-order chi connectivity index (χ0) is 30.9. The van der Waals surface area contributed by atoms with E-state index in [-0.39, 0.29) is 42.8 Å². The van der Waals surface area contributed by atoms with Gasteiger partial charge in [-0.05, 0) is 54.8 Å². The normalized spacial score (nSPS) is 12.0. The fraction of sp³-hybridized carbons (Fsp3) is 0.333. The van der Waals surface area contributed by atoms with Crippen molar-refractivity contribution >= 4 is 62.3 Å². The average Bonchev–Trinajstić information content (AvgIpc) is 2.94. The molecule has 0 radical (unpaired) electrons. The third-order valence-corrected chi connectivity index (χ3v) is 8.76. The van der Waals surface area contributed by atoms with Gasteiger partial charge in [0.15, 0.2) is 0 Å². The molecule has 0 heterocycles. The number of nitrogens with one attached hydrogen (secondary N) is 1. The number of hydrogen-bond donors (Lipinski definition) is 1. The summed E-state index contributed by atoms with van der Waals surface area (Å²) in [6.07, 6.45) is 1.57. The van der Waals surface area contributed by atoms with Crippen LogP contribution < -0.4 is 14.4 Å². The minimum absolute atomic E-state index is 0.0120. The molecule has 0 fully saturated rings. The minimum atomic E-state index is -3.69. The number of benzene rings is 3. The molecule has 1 N–H and O–H groups in total. The number of rotatable bonds is 14. The molecule has 42 heavy (non-hydrogen) atoms. The van der Waals surface area contributed by atoms with Crippen molar-refractivity contribution in [2.24, 2.45) is 0 Å². The monoisotopic (exact) mass is 653 g/mol. The van der Waals surface area contributed by atoms with Gasteiger partial charge in [-0.2, -0.15) is 0 Å². The van der Waals surface area contributed by atoms with E-state index in [1.807, 2.05) is 37.3 Å². The fourth-order valence-corrected chi connectivity index (χ4v) is 6.02. The largest absolute Gasteiger partial charge is 0.495 e. The topological polar surface area (TPSA) is 96.0 Å². The fourth-order valence-electron chi connectivity index (χ4n) is 4.50. The van der Waals surface area contributed by atoms with Crippen LogP contribution in [0.15, 0.2) is 66.7 Å². The van der Waals surface area contributed by atoms with Crippen LogP contribution in [0.5, 0.6) is 5.75 Å². The first kappa shape index (κ1) is 33.5. The molecular formula is C30H34Cl3N3O5S. The van der Waals surface area contributed by atoms with E-state index in [9.17, 15) is 18.0 Å². The number of ether oxygens (including phenoxy) is 1. The highest BCUT2D eigenvalue weighted by atomic mass is 35.5. The number of carbonyl (C=O) groups is 2. The molecule has 1 atom stereocenters. The lowest BCUT2D eigenvalue weighted by Gasteiger charge is -2.32. The van der Waals surface area contributed by atoms with Crippen LogP contribution in [0.4, 0.5) is 5.69 Å². The Balaban J connectivity index is 1.89. The van der Waals surface area contributed by atoms with Gasteiger partial charge in [0, 0.05) is 32.5 Å². The molecule has 0 bridgehead atoms. The highest BCUT2D eigenvalue weighted by Gasteiger charge is 2.30. The summed E-state index contributed by atoms with van der Waals surface area (Å²) in [5.74, 6) is -0.188. The minimum Gasteiger partial charge on any atom is -0.495 e. The maximum Gasteiger partial charge on any atom is 0.243 e. The van der Waals surface area contributed by atoms with Crippen LogP contribution in [-0.4, -0.2) is 57.6 Å². The number of hydrogen-bond acceptors (Lipinski definition) is 5. The molecule has 0 spiro atoms. The summed E-state index contributed by atoms with van der Waals surface area (Å²) in [5, 5.41) is 3.82. The van der Waals surface area contributed by atoms with Crippen LogP contribution in [0, 0.1) is 0 Å². The Morgan fingerprint density at radius 1 is 0.929 bits per heavy atom. The maximum atomic E-state index is 13.8. The van der Waals surface area contributed by atoms with Gasteiger partial charge in [0.2, 0.25) is 21.8 Å². The summed E-state index contributed by atoms with van der Waals surface area (Å²) < 4.78 is 31.7. The number of methoxy groups -OCH3 is 1. The number of carbonyl (C=O) groups excluding carboxylic acids is 2. The molecule has 0 aliphatic rings. The standard InChI is InChI=1S/C30H34Cl3N3O5S/c1-4-34-30(38)27(18-21-9-6-5-7-10-21)35(20-22-12-14-24(31)25(32)17-22)29(37)11-8-16-36(42(3,39)40)23-13-15-28(41-2)26(33)19-23/h5-7,9-10,12-15,17,19,27H,4,8,11,16,18,20H2,1-3H3,(H,34,38)/t27-/m0/s1. The molecule has 3 rings (SSSR count). The Hall–Kier alpha value is -2.98. The van der Waals surface area contributed by atoms with Gasteiger partial charge in [-0.25, -0.2) is 8.42 Å². The molecule has 8 nitrogen and oxygen atoms in total. The summed E-state index contributed by atoms with van der Waals surface area (Å²) in [4.78, 5) is 28.7. The van der Waals surface area contributed by atoms with Crippen LogP contribution in [0.1, 0.15) is 30.9 Å². The second-order valence-corrected chi connectivity index (χ2v) is 12.8. The number of likely N-dealkylation sites (N-methyl/N-ethyl adjacent to an activating group) is 1. The van der Waals surface area contributed by atoms with Crippen LogP contribution in [0.3, 0.4) is 0 Å². The van der Waals surface area contributed by atoms with Gasteiger partial charge in [-0.1, -0.05) is 71.2 Å². The van der Waals surface area contributed by atoms with Crippen molar-refractivity contribution in [1.29, 1.82) is 0 Å². The van der Waals surface area contributed by atoms with Crippen molar-refractivity contribution in [1.82, 2.24) is 10.2 Å². The van der Waals surface area contributed by atoms with E-state index in [1.54, 1.807) is 30.3 Å². The molecule has 12 heteroatoms. The first-order chi connectivity index (χ1) is 19.9. The van der Waals surface area contributed by atoms with Crippen molar-refractivity contribution in [3.8, 4) is 5.75 Å². The predicted molar refractivity (Wildman–Crippen MR) is 169 cm³/mol. The molecule has 226 valence electrons. The first-order valence-corrected chi connectivity index (χ1v) is 16.3. The van der Waals surface area contributed by atoms with Gasteiger partial charge in [-0.15, -0.1) is 0 Å². The highest BCUT2D eigenvalue weighted by molar-refractivity contribution is 7.92. The van der Waals surface area contributed by atoms with Crippen LogP contribution in [-0.2, 0) is 32.6 Å². The Labute approximate surface area is 262 Å². The first-order valence-electron chi connectivity index (χ1n) is 13.3. The summed E-state index contributed by atoms with van der Waals surface area (Å²) >= 11 is 18.6. The molecule has 3 aromatic rings. The summed E-state index contributed by atoms with van der Waals surface area (Å²) in [5.41, 5.74) is 1.94. The maximum absolute atomic E-state index is 13.8. The molecule has 0 saturated heterocycles. The number of halogens is 3. The van der Waals surface area contributed by atoms with Crippen molar-refractivity contribution in [2.45, 2.75) is 38.8 Å². The van der Waals surface area contributed by atoms with Crippen molar-refractivity contribution in [3.63, 3.8) is 0 Å². The van der Waals surface area contributed by atoms with Gasteiger partial charge in [0.1, 0.15) is 11.8 Å². The van der Waals surface area contributed by atoms with Gasteiger partial charge in [0.25, 0.3) is 0 Å². The van der Waals surface area contributed by atoms with E-state index in [4.69, 9.17) is 39.5 Å². The van der Waals surface area contributed by atoms with E-state index in [0.29, 0.717) is 40.0 Å². The molecular weight excluding hydrogens is 621 g/mol. The van der Waals surface area contributed by atoms with E-state index < -0.39 is 16.1 Å². The predicted octanol–water partition coefficient (Wildman–Crippen LogP) is 5.98. The number of nitrogens with zero attached hydrogens (tertiary/aromatic N) is 2. The second-order valence-electron chi connectivity index (χ2n) is 9.63. The highest BCUT2D eigenvalue weighted by Crippen LogP contribution is 2.30. The summed E-state index contributed by atoms with van der Waals surface area (Å²) in [7, 11) is -2.22. The quantitative estimate of drug-likeness (QED) is 0.231. The van der Waals surface area contributed by atoms with Gasteiger partial charge >= 0.3 is 0 Å². The molecule has 0 aliphatic heterocycles. The number of anilines is 1. The third-order valence-electron chi connectivity index (χ3n) is 6.53. The average molecular weight is 655 g/mol. The number of sulfonamides is 1. The van der Waals surface area contributed by atoms with Crippen LogP contribution in [0.25, 0.3) is 0 Å². The molecule has 0 aliphatic carbocycles. The van der Waals surface area contributed by atoms with E-state index >= 15 is 0 Å². The van der Waals surface area contributed by atoms with E-state index in [0.717, 1.165) is 11.8 Å². The van der Waals surface area contributed by atoms with Gasteiger partial charge < -0.3 is 15.0 Å². The van der Waals surface area contributed by atoms with Crippen LogP contribution >= 0.6 is 34.8 Å². The Morgan fingerprint density at radius 2 is 1.64 bits per heavy atom. The molecule has 0 unspecified atom stereocenters. The lowest BCUT2D eigenvalue weighted by atomic mass is 10.0. The lowest BCUT2D eigenvalue weighted by molar-refractivity contribution is -0.141. The molecule has 0 saturated carbocycles. The SMILES string of the molecule is CCNC(=O)[C@H](Cc1ccccc1)N(Cc1ccc(Cl)c(Cl)c1)C(=O)CCCN(c1ccc(OC)c(Cl)c1)S(C)(=O)=O. The van der Waals surface area contributed by atoms with Gasteiger partial charge in [-0.3, -0.25) is 13.9 Å². The van der Waals surface area contributed by atoms with Gasteiger partial charge in [0.05, 0.1) is 34.1 Å². The second kappa shape index (κ2) is 15.5. The zero-order valence-electron chi connectivity index (χ0n) is 23.6. The number of amides is 2. The Morgan fingerprint density at radius 3 is 2.24 bits per heavy atom. The molecule has 0 aromatic heterocycles. The molecule has 3 aromatic carbocycles. The summed E-state index contributed by atoms with van der Waals surface area (Å²) in [6.45, 7) is 2.34. The Bertz CT molecular complexity index is 1490. The van der Waals surface area contributed by atoms with Crippen LogP contribution in [0.2, 0.25) is 15.1 Å². The Kier molecular flexibility index (Phi) is 12.4. The van der Waals surface area contributed by atoms with Crippen molar-refractivity contribution in [2.75, 3.05) is 30.8 Å². The molecule has 2 amide bonds. The summed E-state index contributed by atoms with van der Waals surface area (Å²) in [6, 6.07) is 18.4.